The van der Waals surface area contributed by atoms with Gasteiger partial charge in [-0.1, -0.05) is 29.8 Å². The molecule has 2 heterocycles. The van der Waals surface area contributed by atoms with E-state index in [0.717, 1.165) is 57.5 Å². The number of guanidine groups is 1. The van der Waals surface area contributed by atoms with Crippen LogP contribution in [0.4, 0.5) is 5.69 Å². The molecule has 33 heavy (non-hydrogen) atoms. The third kappa shape index (κ3) is 6.53. The first kappa shape index (κ1) is 25.6. The van der Waals surface area contributed by atoms with Crippen molar-refractivity contribution in [2.45, 2.75) is 25.9 Å². The summed E-state index contributed by atoms with van der Waals surface area (Å²) in [6.07, 6.45) is 2.45. The van der Waals surface area contributed by atoms with Crippen molar-refractivity contribution in [3.05, 3.63) is 59.7 Å². The molecule has 0 spiro atoms. The molecule has 0 aromatic heterocycles. The maximum atomic E-state index is 6.20. The van der Waals surface area contributed by atoms with Crippen molar-refractivity contribution in [2.75, 3.05) is 58.4 Å². The van der Waals surface area contributed by atoms with Crippen LogP contribution in [-0.2, 0) is 4.74 Å². The summed E-state index contributed by atoms with van der Waals surface area (Å²) in [5, 5.41) is 3.65. The molecule has 2 aliphatic heterocycles. The minimum absolute atomic E-state index is 0. The van der Waals surface area contributed by atoms with Crippen LogP contribution in [0, 0.1) is 12.8 Å². The van der Waals surface area contributed by atoms with Gasteiger partial charge in [0, 0.05) is 58.0 Å². The van der Waals surface area contributed by atoms with Crippen LogP contribution in [0.25, 0.3) is 0 Å². The SMILES string of the molecule is CN=C(NCC1CCCOC1c1ccc(C)cc1)N1CCN(c2ccc(OC)cc2)CC1.I. The maximum absolute atomic E-state index is 6.20. The number of hydrogen-bond donors (Lipinski definition) is 1. The van der Waals surface area contributed by atoms with Gasteiger partial charge in [0.25, 0.3) is 0 Å². The number of aliphatic imine (C=N–C) groups is 1. The summed E-state index contributed by atoms with van der Waals surface area (Å²) in [5.74, 6) is 2.34. The van der Waals surface area contributed by atoms with Crippen molar-refractivity contribution >= 4 is 35.6 Å². The molecule has 7 heteroatoms. The lowest BCUT2D eigenvalue weighted by Gasteiger charge is -2.38. The maximum Gasteiger partial charge on any atom is 0.193 e. The fourth-order valence-electron chi connectivity index (χ4n) is 4.70. The quantitative estimate of drug-likeness (QED) is 0.330. The van der Waals surface area contributed by atoms with Gasteiger partial charge in [0.1, 0.15) is 5.75 Å². The fourth-order valence-corrected chi connectivity index (χ4v) is 4.70. The van der Waals surface area contributed by atoms with Gasteiger partial charge in [0.2, 0.25) is 0 Å². The molecule has 2 aromatic rings. The molecule has 0 saturated carbocycles. The van der Waals surface area contributed by atoms with Crippen molar-refractivity contribution in [3.63, 3.8) is 0 Å². The van der Waals surface area contributed by atoms with Gasteiger partial charge >= 0.3 is 0 Å². The summed E-state index contributed by atoms with van der Waals surface area (Å²) < 4.78 is 11.5. The van der Waals surface area contributed by atoms with Crippen LogP contribution in [0.5, 0.6) is 5.75 Å². The second kappa shape index (κ2) is 12.5. The van der Waals surface area contributed by atoms with E-state index in [0.29, 0.717) is 5.92 Å². The lowest BCUT2D eigenvalue weighted by Crippen LogP contribution is -2.53. The third-order valence-corrected chi connectivity index (χ3v) is 6.60. The molecular formula is C26H37IN4O2. The number of halogens is 1. The van der Waals surface area contributed by atoms with Crippen molar-refractivity contribution in [2.24, 2.45) is 10.9 Å². The van der Waals surface area contributed by atoms with Gasteiger partial charge in [-0.3, -0.25) is 4.99 Å². The Bertz CT molecular complexity index is 880. The number of rotatable bonds is 5. The molecular weight excluding hydrogens is 527 g/mol. The van der Waals surface area contributed by atoms with Crippen LogP contribution in [0.3, 0.4) is 0 Å². The monoisotopic (exact) mass is 564 g/mol. The van der Waals surface area contributed by atoms with Crippen LogP contribution in [0.1, 0.15) is 30.1 Å². The highest BCUT2D eigenvalue weighted by atomic mass is 127. The molecule has 2 aromatic carbocycles. The van der Waals surface area contributed by atoms with Crippen molar-refractivity contribution in [1.82, 2.24) is 10.2 Å². The Morgan fingerprint density at radius 2 is 1.76 bits per heavy atom. The van der Waals surface area contributed by atoms with Crippen LogP contribution >= 0.6 is 24.0 Å². The second-order valence-electron chi connectivity index (χ2n) is 8.70. The average Bonchev–Trinajstić information content (AvgIpc) is 2.86. The molecule has 4 rings (SSSR count). The minimum atomic E-state index is 0. The van der Waals surface area contributed by atoms with Gasteiger partial charge in [-0.25, -0.2) is 0 Å². The molecule has 0 aliphatic carbocycles. The van der Waals surface area contributed by atoms with Gasteiger partial charge in [0.15, 0.2) is 5.96 Å². The van der Waals surface area contributed by atoms with Crippen molar-refractivity contribution in [1.29, 1.82) is 0 Å². The standard InChI is InChI=1S/C26H36N4O2.HI/c1-20-6-8-21(9-7-20)25-22(5-4-18-32-25)19-28-26(27-2)30-16-14-29(15-17-30)23-10-12-24(31-3)13-11-23;/h6-13,22,25H,4-5,14-19H2,1-3H3,(H,27,28);1H. The Kier molecular flexibility index (Phi) is 9.67. The molecule has 2 unspecified atom stereocenters. The summed E-state index contributed by atoms with van der Waals surface area (Å²) in [4.78, 5) is 9.37. The van der Waals surface area contributed by atoms with Crippen LogP contribution in [0.15, 0.2) is 53.5 Å². The van der Waals surface area contributed by atoms with E-state index in [9.17, 15) is 0 Å². The van der Waals surface area contributed by atoms with Gasteiger partial charge < -0.3 is 24.6 Å². The Morgan fingerprint density at radius 3 is 2.39 bits per heavy atom. The third-order valence-electron chi connectivity index (χ3n) is 6.60. The first-order valence-corrected chi connectivity index (χ1v) is 11.7. The second-order valence-corrected chi connectivity index (χ2v) is 8.70. The largest absolute Gasteiger partial charge is 0.497 e. The number of hydrogen-bond acceptors (Lipinski definition) is 4. The number of ether oxygens (including phenoxy) is 2. The topological polar surface area (TPSA) is 49.3 Å². The van der Waals surface area contributed by atoms with E-state index in [-0.39, 0.29) is 30.1 Å². The smallest absolute Gasteiger partial charge is 0.193 e. The molecule has 6 nitrogen and oxygen atoms in total. The summed E-state index contributed by atoms with van der Waals surface area (Å²) in [5.41, 5.74) is 3.81. The minimum Gasteiger partial charge on any atom is -0.497 e. The Balaban J connectivity index is 0.00000306. The first-order chi connectivity index (χ1) is 15.7. The molecule has 2 atom stereocenters. The Hall–Kier alpha value is -2.00. The van der Waals surface area contributed by atoms with Crippen LogP contribution < -0.4 is 15.0 Å². The molecule has 2 fully saturated rings. The van der Waals surface area contributed by atoms with E-state index in [2.05, 4.69) is 63.4 Å². The predicted octanol–water partition coefficient (Wildman–Crippen LogP) is 4.49. The normalized spacial score (nSPS) is 21.4. The first-order valence-electron chi connectivity index (χ1n) is 11.7. The van der Waals surface area contributed by atoms with E-state index >= 15 is 0 Å². The average molecular weight is 565 g/mol. The molecule has 2 saturated heterocycles. The molecule has 0 bridgehead atoms. The fraction of sp³-hybridized carbons (Fsp3) is 0.500. The molecule has 180 valence electrons. The molecule has 2 aliphatic rings. The predicted molar refractivity (Wildman–Crippen MR) is 146 cm³/mol. The lowest BCUT2D eigenvalue weighted by molar-refractivity contribution is -0.0266. The lowest BCUT2D eigenvalue weighted by atomic mass is 9.89. The van der Waals surface area contributed by atoms with Gasteiger partial charge in [-0.05, 0) is 49.6 Å². The molecule has 1 N–H and O–H groups in total. The number of nitrogens with one attached hydrogen (secondary N) is 1. The highest BCUT2D eigenvalue weighted by Crippen LogP contribution is 2.33. The zero-order valence-corrected chi connectivity index (χ0v) is 22.3. The van der Waals surface area contributed by atoms with Crippen molar-refractivity contribution in [3.8, 4) is 5.75 Å². The number of piperazine rings is 1. The number of anilines is 1. The number of nitrogens with zero attached hydrogens (tertiary/aromatic N) is 3. The Morgan fingerprint density at radius 1 is 1.06 bits per heavy atom. The summed E-state index contributed by atoms with van der Waals surface area (Å²) in [6, 6.07) is 17.1. The van der Waals surface area contributed by atoms with Crippen LogP contribution in [-0.4, -0.2) is 64.3 Å². The summed E-state index contributed by atoms with van der Waals surface area (Å²) >= 11 is 0. The van der Waals surface area contributed by atoms with E-state index < -0.39 is 0 Å². The van der Waals surface area contributed by atoms with Crippen LogP contribution in [0.2, 0.25) is 0 Å². The van der Waals surface area contributed by atoms with Crippen molar-refractivity contribution < 1.29 is 9.47 Å². The van der Waals surface area contributed by atoms with Gasteiger partial charge in [-0.2, -0.15) is 0 Å². The molecule has 0 amide bonds. The highest BCUT2D eigenvalue weighted by Gasteiger charge is 2.28. The summed E-state index contributed by atoms with van der Waals surface area (Å²) in [6.45, 7) is 7.71. The van der Waals surface area contributed by atoms with E-state index in [1.54, 1.807) is 7.11 Å². The van der Waals surface area contributed by atoms with Gasteiger partial charge in [-0.15, -0.1) is 24.0 Å². The van der Waals surface area contributed by atoms with E-state index in [1.807, 2.05) is 19.2 Å². The number of benzene rings is 2. The molecule has 0 radical (unpaired) electrons. The number of aryl methyl sites for hydroxylation is 1. The summed E-state index contributed by atoms with van der Waals surface area (Å²) in [7, 11) is 3.59. The Labute approximate surface area is 215 Å². The van der Waals surface area contributed by atoms with E-state index in [4.69, 9.17) is 9.47 Å². The zero-order chi connectivity index (χ0) is 22.3. The number of methoxy groups -OCH3 is 1. The van der Waals surface area contributed by atoms with E-state index in [1.165, 1.54) is 23.2 Å². The van der Waals surface area contributed by atoms with Gasteiger partial charge in [0.05, 0.1) is 13.2 Å². The highest BCUT2D eigenvalue weighted by molar-refractivity contribution is 14.0. The zero-order valence-electron chi connectivity index (χ0n) is 20.0.